The summed E-state index contributed by atoms with van der Waals surface area (Å²) in [5.41, 5.74) is -0.892. The summed E-state index contributed by atoms with van der Waals surface area (Å²) in [7, 11) is -4.21. The summed E-state index contributed by atoms with van der Waals surface area (Å²) in [6, 6.07) is 16.4. The quantitative estimate of drug-likeness (QED) is 0.443. The molecule has 4 aromatic rings. The van der Waals surface area contributed by atoms with E-state index in [1.165, 1.54) is 24.3 Å². The molecule has 2 heterocycles. The second-order valence-electron chi connectivity index (χ2n) is 6.58. The normalized spacial score (nSPS) is 11.8. The van der Waals surface area contributed by atoms with E-state index >= 15 is 0 Å². The number of aromatic nitrogens is 3. The maximum absolute atomic E-state index is 12.9. The Morgan fingerprint density at radius 2 is 1.59 bits per heavy atom. The van der Waals surface area contributed by atoms with E-state index in [2.05, 4.69) is 14.9 Å². The van der Waals surface area contributed by atoms with Crippen molar-refractivity contribution in [3.8, 4) is 17.4 Å². The molecule has 0 atom stereocenters. The number of halogens is 3. The lowest BCUT2D eigenvalue weighted by atomic mass is 10.2. The highest BCUT2D eigenvalue weighted by Gasteiger charge is 2.31. The van der Waals surface area contributed by atoms with Crippen LogP contribution in [0.25, 0.3) is 5.82 Å². The molecule has 0 unspecified atom stereocenters. The van der Waals surface area contributed by atoms with Gasteiger partial charge in [0.25, 0.3) is 10.0 Å². The average molecular weight is 460 g/mol. The minimum absolute atomic E-state index is 0.156. The summed E-state index contributed by atoms with van der Waals surface area (Å²) < 4.78 is 73.1. The van der Waals surface area contributed by atoms with Gasteiger partial charge in [-0.3, -0.25) is 4.72 Å². The monoisotopic (exact) mass is 460 g/mol. The van der Waals surface area contributed by atoms with Crippen LogP contribution in [0.3, 0.4) is 0 Å². The number of anilines is 1. The Morgan fingerprint density at radius 1 is 0.875 bits per heavy atom. The van der Waals surface area contributed by atoms with E-state index in [0.717, 1.165) is 18.2 Å². The number of hydrogen-bond acceptors (Lipinski definition) is 5. The highest BCUT2D eigenvalue weighted by Crippen LogP contribution is 2.31. The van der Waals surface area contributed by atoms with Crippen molar-refractivity contribution in [2.75, 3.05) is 4.72 Å². The Balaban J connectivity index is 1.45. The molecule has 4 rings (SSSR count). The van der Waals surface area contributed by atoms with Crippen LogP contribution in [-0.4, -0.2) is 23.2 Å². The number of nitrogens with one attached hydrogen (secondary N) is 1. The molecule has 0 bridgehead atoms. The zero-order valence-electron chi connectivity index (χ0n) is 16.2. The zero-order valence-corrected chi connectivity index (χ0v) is 17.0. The van der Waals surface area contributed by atoms with Crippen molar-refractivity contribution in [1.29, 1.82) is 0 Å². The van der Waals surface area contributed by atoms with Crippen LogP contribution in [0.5, 0.6) is 11.6 Å². The number of hydrogen-bond donors (Lipinski definition) is 1. The van der Waals surface area contributed by atoms with Crippen LogP contribution in [0, 0.1) is 0 Å². The van der Waals surface area contributed by atoms with Crippen LogP contribution in [0.4, 0.5) is 18.9 Å². The number of alkyl halides is 3. The molecule has 11 heteroatoms. The molecule has 0 aliphatic heterocycles. The standard InChI is InChI=1S/C21H15F3N4O3S/c22-21(23,24)15-4-3-5-18(14-15)32(29,30)27-16-6-8-17(9-7-16)31-20-11-10-19(25-26-20)28-12-1-2-13-28/h1-14,27H. The van der Waals surface area contributed by atoms with Gasteiger partial charge in [-0.1, -0.05) is 6.07 Å². The summed E-state index contributed by atoms with van der Waals surface area (Å²) in [5.74, 6) is 1.22. The van der Waals surface area contributed by atoms with Gasteiger partial charge in [-0.2, -0.15) is 13.2 Å². The summed E-state index contributed by atoms with van der Waals surface area (Å²) >= 11 is 0. The maximum atomic E-state index is 12.9. The molecule has 0 spiro atoms. The second-order valence-corrected chi connectivity index (χ2v) is 8.26. The van der Waals surface area contributed by atoms with Crippen LogP contribution in [-0.2, 0) is 16.2 Å². The van der Waals surface area contributed by atoms with Crippen LogP contribution < -0.4 is 9.46 Å². The van der Waals surface area contributed by atoms with E-state index in [0.29, 0.717) is 17.6 Å². The topological polar surface area (TPSA) is 86.1 Å². The molecule has 0 saturated carbocycles. The van der Waals surface area contributed by atoms with Gasteiger partial charge in [0, 0.05) is 24.1 Å². The first kappa shape index (κ1) is 21.4. The Kier molecular flexibility index (Phi) is 5.57. The fraction of sp³-hybridized carbons (Fsp3) is 0.0476. The number of rotatable bonds is 6. The lowest BCUT2D eigenvalue weighted by Crippen LogP contribution is -2.14. The molecule has 7 nitrogen and oxygen atoms in total. The van der Waals surface area contributed by atoms with Gasteiger partial charge in [0.15, 0.2) is 5.82 Å². The number of ether oxygens (including phenoxy) is 1. The van der Waals surface area contributed by atoms with Crippen molar-refractivity contribution in [2.45, 2.75) is 11.1 Å². The van der Waals surface area contributed by atoms with E-state index in [1.54, 1.807) is 16.7 Å². The number of sulfonamides is 1. The van der Waals surface area contributed by atoms with Gasteiger partial charge in [0.05, 0.1) is 10.5 Å². The third kappa shape index (κ3) is 4.89. The molecule has 0 aliphatic rings. The third-order valence-corrected chi connectivity index (χ3v) is 5.67. The van der Waals surface area contributed by atoms with Gasteiger partial charge in [-0.05, 0) is 60.7 Å². The number of nitrogens with zero attached hydrogens (tertiary/aromatic N) is 3. The third-order valence-electron chi connectivity index (χ3n) is 4.30. The van der Waals surface area contributed by atoms with Crippen molar-refractivity contribution >= 4 is 15.7 Å². The molecule has 0 amide bonds. The zero-order chi connectivity index (χ0) is 22.8. The van der Waals surface area contributed by atoms with Crippen LogP contribution in [0.15, 0.2) is 90.1 Å². The minimum atomic E-state index is -4.65. The van der Waals surface area contributed by atoms with E-state index in [-0.39, 0.29) is 11.6 Å². The first-order chi connectivity index (χ1) is 15.2. The molecule has 1 N–H and O–H groups in total. The first-order valence-corrected chi connectivity index (χ1v) is 10.6. The largest absolute Gasteiger partial charge is 0.438 e. The molecule has 0 fully saturated rings. The van der Waals surface area contributed by atoms with Gasteiger partial charge in [0.1, 0.15) is 5.75 Å². The highest BCUT2D eigenvalue weighted by molar-refractivity contribution is 7.92. The van der Waals surface area contributed by atoms with Crippen molar-refractivity contribution in [3.05, 3.63) is 90.8 Å². The lowest BCUT2D eigenvalue weighted by Gasteiger charge is -2.11. The summed E-state index contributed by atoms with van der Waals surface area (Å²) in [4.78, 5) is -0.495. The Labute approximate surface area is 181 Å². The van der Waals surface area contributed by atoms with E-state index in [4.69, 9.17) is 4.74 Å². The molecule has 0 radical (unpaired) electrons. The van der Waals surface area contributed by atoms with Crippen molar-refractivity contribution in [1.82, 2.24) is 14.8 Å². The molecule has 0 saturated heterocycles. The van der Waals surface area contributed by atoms with Crippen LogP contribution in [0.2, 0.25) is 0 Å². The Bertz CT molecular complexity index is 1310. The predicted molar refractivity (Wildman–Crippen MR) is 110 cm³/mol. The fourth-order valence-electron chi connectivity index (χ4n) is 2.76. The second kappa shape index (κ2) is 8.35. The summed E-state index contributed by atoms with van der Waals surface area (Å²) in [6.45, 7) is 0. The van der Waals surface area contributed by atoms with Gasteiger partial charge in [-0.15, -0.1) is 10.2 Å². The van der Waals surface area contributed by atoms with E-state index in [1.807, 2.05) is 24.5 Å². The van der Waals surface area contributed by atoms with E-state index < -0.39 is 26.7 Å². The molecular formula is C21H15F3N4O3S. The van der Waals surface area contributed by atoms with Crippen molar-refractivity contribution in [3.63, 3.8) is 0 Å². The highest BCUT2D eigenvalue weighted by atomic mass is 32.2. The lowest BCUT2D eigenvalue weighted by molar-refractivity contribution is -0.137. The summed E-state index contributed by atoms with van der Waals surface area (Å²) in [6.07, 6.45) is -0.999. The molecular weight excluding hydrogens is 445 g/mol. The van der Waals surface area contributed by atoms with Gasteiger partial charge in [-0.25, -0.2) is 8.42 Å². The van der Waals surface area contributed by atoms with Crippen molar-refractivity contribution in [2.24, 2.45) is 0 Å². The first-order valence-electron chi connectivity index (χ1n) is 9.16. The van der Waals surface area contributed by atoms with Crippen molar-refractivity contribution < 1.29 is 26.3 Å². The average Bonchev–Trinajstić information content (AvgIpc) is 3.30. The van der Waals surface area contributed by atoms with Crippen LogP contribution >= 0.6 is 0 Å². The van der Waals surface area contributed by atoms with Gasteiger partial charge >= 0.3 is 6.18 Å². The van der Waals surface area contributed by atoms with Crippen LogP contribution in [0.1, 0.15) is 5.56 Å². The maximum Gasteiger partial charge on any atom is 0.416 e. The Morgan fingerprint density at radius 3 is 2.22 bits per heavy atom. The smallest absolute Gasteiger partial charge is 0.416 e. The summed E-state index contributed by atoms with van der Waals surface area (Å²) in [5, 5.41) is 8.04. The number of benzene rings is 2. The Hall–Kier alpha value is -3.86. The molecule has 0 aliphatic carbocycles. The SMILES string of the molecule is O=S(=O)(Nc1ccc(Oc2ccc(-n3cccc3)nn2)cc1)c1cccc(C(F)(F)F)c1. The fourth-order valence-corrected chi connectivity index (χ4v) is 3.86. The predicted octanol–water partition coefficient (Wildman–Crippen LogP) is 4.88. The molecule has 2 aromatic carbocycles. The molecule has 32 heavy (non-hydrogen) atoms. The minimum Gasteiger partial charge on any atom is -0.438 e. The molecule has 2 aromatic heterocycles. The van der Waals surface area contributed by atoms with Gasteiger partial charge < -0.3 is 9.30 Å². The van der Waals surface area contributed by atoms with Gasteiger partial charge in [0.2, 0.25) is 5.88 Å². The molecule has 164 valence electrons. The van der Waals surface area contributed by atoms with E-state index in [9.17, 15) is 21.6 Å².